The number of rotatable bonds is 1. The van der Waals surface area contributed by atoms with E-state index in [0.29, 0.717) is 11.5 Å². The monoisotopic (exact) mass is 346 g/mol. The van der Waals surface area contributed by atoms with Gasteiger partial charge in [0, 0.05) is 42.8 Å². The topological polar surface area (TPSA) is 40.8 Å². The number of aromatic nitrogens is 2. The number of piperidine rings is 1. The second kappa shape index (κ2) is 5.68. The van der Waals surface area contributed by atoms with Gasteiger partial charge in [0.05, 0.1) is 5.56 Å². The summed E-state index contributed by atoms with van der Waals surface area (Å²) in [6.07, 6.45) is 6.53. The standard InChI is InChI=1S/C21H22N4O/c1-14-3-5-18-16(11-14)17-13-23(2)9-7-19(17)25(18)21(26)15-4-6-20-22-8-10-24(20)12-15/h3-6,8,10-12,17,19H,7,9,13H2,1-2H3/t17-,19+/m0/s1. The van der Waals surface area contributed by atoms with Gasteiger partial charge in [-0.05, 0) is 50.7 Å². The smallest absolute Gasteiger partial charge is 0.260 e. The minimum absolute atomic E-state index is 0.0859. The van der Waals surface area contributed by atoms with Crippen LogP contribution < -0.4 is 4.90 Å². The first kappa shape index (κ1) is 15.6. The molecular weight excluding hydrogens is 324 g/mol. The summed E-state index contributed by atoms with van der Waals surface area (Å²) in [5.41, 5.74) is 5.22. The molecule has 26 heavy (non-hydrogen) atoms. The van der Waals surface area contributed by atoms with Crippen molar-refractivity contribution in [2.75, 3.05) is 25.0 Å². The van der Waals surface area contributed by atoms with Crippen LogP contribution in [0.5, 0.6) is 0 Å². The zero-order valence-corrected chi connectivity index (χ0v) is 15.1. The number of likely N-dealkylation sites (N-methyl/N-ethyl adjacent to an activating group) is 1. The molecule has 0 spiro atoms. The van der Waals surface area contributed by atoms with Crippen LogP contribution in [-0.2, 0) is 0 Å². The number of carbonyl (C=O) groups is 1. The Morgan fingerprint density at radius 3 is 3.00 bits per heavy atom. The van der Waals surface area contributed by atoms with Crippen molar-refractivity contribution < 1.29 is 4.79 Å². The highest BCUT2D eigenvalue weighted by Crippen LogP contribution is 2.45. The van der Waals surface area contributed by atoms with E-state index in [0.717, 1.165) is 30.8 Å². The number of pyridine rings is 1. The fourth-order valence-electron chi connectivity index (χ4n) is 4.53. The first-order valence-electron chi connectivity index (χ1n) is 9.17. The van der Waals surface area contributed by atoms with E-state index in [2.05, 4.69) is 42.1 Å². The molecule has 2 aliphatic heterocycles. The first-order chi connectivity index (χ1) is 12.6. The Labute approximate surface area is 152 Å². The van der Waals surface area contributed by atoms with Gasteiger partial charge in [-0.2, -0.15) is 0 Å². The van der Waals surface area contributed by atoms with Crippen molar-refractivity contribution in [3.63, 3.8) is 0 Å². The fraction of sp³-hybridized carbons (Fsp3) is 0.333. The van der Waals surface area contributed by atoms with Gasteiger partial charge in [-0.25, -0.2) is 4.98 Å². The van der Waals surface area contributed by atoms with Crippen LogP contribution in [0.1, 0.15) is 33.8 Å². The maximum Gasteiger partial charge on any atom is 0.260 e. The quantitative estimate of drug-likeness (QED) is 0.680. The van der Waals surface area contributed by atoms with E-state index >= 15 is 0 Å². The number of fused-ring (bicyclic) bond motifs is 4. The van der Waals surface area contributed by atoms with E-state index in [4.69, 9.17) is 0 Å². The van der Waals surface area contributed by atoms with Gasteiger partial charge in [0.15, 0.2) is 0 Å². The summed E-state index contributed by atoms with van der Waals surface area (Å²) in [7, 11) is 2.17. The Hall–Kier alpha value is -2.66. The lowest BCUT2D eigenvalue weighted by Gasteiger charge is -2.36. The largest absolute Gasteiger partial charge is 0.306 e. The van der Waals surface area contributed by atoms with Gasteiger partial charge in [-0.3, -0.25) is 4.79 Å². The molecule has 2 atom stereocenters. The van der Waals surface area contributed by atoms with Crippen LogP contribution in [0.2, 0.25) is 0 Å². The number of benzene rings is 1. The average molecular weight is 346 g/mol. The van der Waals surface area contributed by atoms with E-state index in [1.165, 1.54) is 11.1 Å². The normalized spacial score (nSPS) is 22.5. The van der Waals surface area contributed by atoms with Gasteiger partial charge < -0.3 is 14.2 Å². The van der Waals surface area contributed by atoms with Crippen molar-refractivity contribution in [1.29, 1.82) is 0 Å². The Morgan fingerprint density at radius 1 is 1.23 bits per heavy atom. The van der Waals surface area contributed by atoms with Crippen molar-refractivity contribution >= 4 is 17.2 Å². The highest BCUT2D eigenvalue weighted by molar-refractivity contribution is 6.08. The number of imidazole rings is 1. The number of aryl methyl sites for hydroxylation is 1. The molecule has 1 fully saturated rings. The van der Waals surface area contributed by atoms with Gasteiger partial charge in [-0.15, -0.1) is 0 Å². The van der Waals surface area contributed by atoms with E-state index in [1.54, 1.807) is 6.20 Å². The first-order valence-corrected chi connectivity index (χ1v) is 9.17. The molecule has 3 aromatic rings. The second-order valence-electron chi connectivity index (χ2n) is 7.57. The fourth-order valence-corrected chi connectivity index (χ4v) is 4.53. The molecule has 2 aliphatic rings. The Bertz CT molecular complexity index is 1010. The second-order valence-corrected chi connectivity index (χ2v) is 7.57. The van der Waals surface area contributed by atoms with Crippen LogP contribution in [-0.4, -0.2) is 46.4 Å². The van der Waals surface area contributed by atoms with Crippen LogP contribution in [0.25, 0.3) is 5.65 Å². The number of hydrogen-bond acceptors (Lipinski definition) is 3. The number of nitrogens with zero attached hydrogens (tertiary/aromatic N) is 4. The highest BCUT2D eigenvalue weighted by Gasteiger charge is 2.44. The third kappa shape index (κ3) is 2.27. The van der Waals surface area contributed by atoms with Crippen molar-refractivity contribution in [1.82, 2.24) is 14.3 Å². The van der Waals surface area contributed by atoms with Crippen molar-refractivity contribution in [2.24, 2.45) is 0 Å². The lowest BCUT2D eigenvalue weighted by Crippen LogP contribution is -2.47. The minimum Gasteiger partial charge on any atom is -0.306 e. The van der Waals surface area contributed by atoms with E-state index in [-0.39, 0.29) is 11.9 Å². The summed E-state index contributed by atoms with van der Waals surface area (Å²) in [5.74, 6) is 0.479. The van der Waals surface area contributed by atoms with Gasteiger partial charge in [-0.1, -0.05) is 17.7 Å². The molecule has 0 saturated carbocycles. The maximum atomic E-state index is 13.5. The third-order valence-electron chi connectivity index (χ3n) is 5.81. The van der Waals surface area contributed by atoms with Crippen LogP contribution in [0.4, 0.5) is 5.69 Å². The lowest BCUT2D eigenvalue weighted by atomic mass is 9.89. The Kier molecular flexibility index (Phi) is 3.40. The summed E-state index contributed by atoms with van der Waals surface area (Å²) in [6.45, 7) is 4.16. The third-order valence-corrected chi connectivity index (χ3v) is 5.81. The minimum atomic E-state index is 0.0859. The summed E-state index contributed by atoms with van der Waals surface area (Å²) in [6, 6.07) is 10.5. The van der Waals surface area contributed by atoms with Crippen LogP contribution in [0.3, 0.4) is 0 Å². The molecule has 2 aromatic heterocycles. The molecule has 4 heterocycles. The number of carbonyl (C=O) groups excluding carboxylic acids is 1. The molecule has 5 nitrogen and oxygen atoms in total. The molecule has 132 valence electrons. The lowest BCUT2D eigenvalue weighted by molar-refractivity contribution is 0.0964. The SMILES string of the molecule is Cc1ccc2c(c1)[C@@H]1CN(C)CC[C@H]1N2C(=O)c1ccc2nccn2c1. The summed E-state index contributed by atoms with van der Waals surface area (Å²) in [4.78, 5) is 22.2. The molecule has 5 rings (SSSR count). The maximum absolute atomic E-state index is 13.5. The highest BCUT2D eigenvalue weighted by atomic mass is 16.2. The van der Waals surface area contributed by atoms with Gasteiger partial charge in [0.25, 0.3) is 5.91 Å². The number of amides is 1. The number of likely N-dealkylation sites (tertiary alicyclic amines) is 1. The molecule has 0 bridgehead atoms. The molecule has 5 heteroatoms. The molecule has 1 aromatic carbocycles. The Balaban J connectivity index is 1.59. The van der Waals surface area contributed by atoms with Crippen LogP contribution in [0.15, 0.2) is 48.9 Å². The number of anilines is 1. The molecule has 0 unspecified atom stereocenters. The Morgan fingerprint density at radius 2 is 2.12 bits per heavy atom. The molecule has 0 N–H and O–H groups in total. The van der Waals surface area contributed by atoms with Crippen molar-refractivity contribution in [3.8, 4) is 0 Å². The summed E-state index contributed by atoms with van der Waals surface area (Å²) < 4.78 is 1.91. The van der Waals surface area contributed by atoms with Gasteiger partial charge >= 0.3 is 0 Å². The number of hydrogen-bond donors (Lipinski definition) is 0. The van der Waals surface area contributed by atoms with Crippen molar-refractivity contribution in [2.45, 2.75) is 25.3 Å². The predicted octanol–water partition coefficient (Wildman–Crippen LogP) is 3.09. The molecule has 0 aliphatic carbocycles. The van der Waals surface area contributed by atoms with Crippen molar-refractivity contribution in [3.05, 3.63) is 65.6 Å². The average Bonchev–Trinajstić information content (AvgIpc) is 3.22. The van der Waals surface area contributed by atoms with Crippen LogP contribution in [0, 0.1) is 6.92 Å². The van der Waals surface area contributed by atoms with Gasteiger partial charge in [0.1, 0.15) is 5.65 Å². The molecule has 1 saturated heterocycles. The van der Waals surface area contributed by atoms with Gasteiger partial charge in [0.2, 0.25) is 0 Å². The molecule has 0 radical (unpaired) electrons. The van der Waals surface area contributed by atoms with Crippen LogP contribution >= 0.6 is 0 Å². The molecular formula is C21H22N4O. The van der Waals surface area contributed by atoms with E-state index in [9.17, 15) is 4.79 Å². The van der Waals surface area contributed by atoms with E-state index in [1.807, 2.05) is 33.8 Å². The zero-order chi connectivity index (χ0) is 17.8. The van der Waals surface area contributed by atoms with E-state index < -0.39 is 0 Å². The summed E-state index contributed by atoms with van der Waals surface area (Å²) >= 11 is 0. The zero-order valence-electron chi connectivity index (χ0n) is 15.1. The molecule has 1 amide bonds. The predicted molar refractivity (Wildman–Crippen MR) is 102 cm³/mol. The summed E-state index contributed by atoms with van der Waals surface area (Å²) in [5, 5.41) is 0.